The minimum absolute atomic E-state index is 0.190. The van der Waals surface area contributed by atoms with Crippen molar-refractivity contribution in [2.75, 3.05) is 6.54 Å². The molecule has 2 aromatic rings. The first-order valence-corrected chi connectivity index (χ1v) is 6.70. The molecule has 1 saturated heterocycles. The minimum Gasteiger partial charge on any atom is -0.480 e. The topological polar surface area (TPSA) is 73.4 Å². The summed E-state index contributed by atoms with van der Waals surface area (Å²) in [7, 11) is 0. The number of carboxylic acids is 1. The highest BCUT2D eigenvalue weighted by molar-refractivity contribution is 6.09. The van der Waals surface area contributed by atoms with E-state index in [9.17, 15) is 14.7 Å². The molecule has 1 aliphatic rings. The molecule has 0 radical (unpaired) electrons. The van der Waals surface area contributed by atoms with Crippen LogP contribution in [0.4, 0.5) is 0 Å². The molecule has 1 aliphatic heterocycles. The summed E-state index contributed by atoms with van der Waals surface area (Å²) in [5.74, 6) is -1.11. The number of carbonyl (C=O) groups is 2. The van der Waals surface area contributed by atoms with Crippen LogP contribution in [0.2, 0.25) is 0 Å². The summed E-state index contributed by atoms with van der Waals surface area (Å²) in [6.07, 6.45) is 1.27. The molecular weight excluding hydrogens is 256 g/mol. The van der Waals surface area contributed by atoms with Gasteiger partial charge in [-0.3, -0.25) is 4.79 Å². The molecule has 0 bridgehead atoms. The van der Waals surface area contributed by atoms with Crippen LogP contribution in [0, 0.1) is 6.92 Å². The Morgan fingerprint density at radius 2 is 2.10 bits per heavy atom. The maximum absolute atomic E-state index is 12.7. The number of carbonyl (C=O) groups excluding carboxylic acids is 1. The molecule has 1 fully saturated rings. The van der Waals surface area contributed by atoms with Crippen molar-refractivity contribution in [1.29, 1.82) is 0 Å². The summed E-state index contributed by atoms with van der Waals surface area (Å²) in [5.41, 5.74) is 2.28. The van der Waals surface area contributed by atoms with Crippen LogP contribution >= 0.6 is 0 Å². The van der Waals surface area contributed by atoms with Gasteiger partial charge < -0.3 is 15.0 Å². The number of para-hydroxylation sites is 1. The van der Waals surface area contributed by atoms with E-state index in [-0.39, 0.29) is 5.91 Å². The third-order valence-electron chi connectivity index (χ3n) is 3.91. The molecule has 1 aromatic heterocycles. The van der Waals surface area contributed by atoms with Gasteiger partial charge in [0.2, 0.25) is 0 Å². The number of hydrogen-bond acceptors (Lipinski definition) is 2. The van der Waals surface area contributed by atoms with Gasteiger partial charge in [-0.15, -0.1) is 0 Å². The summed E-state index contributed by atoms with van der Waals surface area (Å²) in [5, 5.41) is 10.1. The summed E-state index contributed by atoms with van der Waals surface area (Å²) in [4.78, 5) is 28.6. The zero-order chi connectivity index (χ0) is 14.3. The van der Waals surface area contributed by atoms with Gasteiger partial charge in [0.15, 0.2) is 0 Å². The normalized spacial score (nSPS) is 18.6. The Balaban J connectivity index is 2.04. The number of carboxylic acid groups (broad SMARTS) is 1. The summed E-state index contributed by atoms with van der Waals surface area (Å²) in [6, 6.07) is 6.89. The Morgan fingerprint density at radius 1 is 1.35 bits per heavy atom. The standard InChI is InChI=1S/C15H16N2O3/c1-9-13(10-5-2-3-6-11(10)16-9)14(18)17-8-4-7-12(17)15(19)20/h2-3,5-6,12,16H,4,7-8H2,1H3,(H,19,20)/t12-/m1/s1. The largest absolute Gasteiger partial charge is 0.480 e. The van der Waals surface area contributed by atoms with E-state index in [0.717, 1.165) is 23.0 Å². The molecule has 0 unspecified atom stereocenters. The molecule has 2 N–H and O–H groups in total. The summed E-state index contributed by atoms with van der Waals surface area (Å²) in [6.45, 7) is 2.35. The maximum atomic E-state index is 12.7. The average Bonchev–Trinajstić information content (AvgIpc) is 3.01. The van der Waals surface area contributed by atoms with Crippen LogP contribution in [0.3, 0.4) is 0 Å². The van der Waals surface area contributed by atoms with Crippen molar-refractivity contribution in [2.24, 2.45) is 0 Å². The number of aromatic amines is 1. The number of aliphatic carboxylic acids is 1. The van der Waals surface area contributed by atoms with Crippen LogP contribution < -0.4 is 0 Å². The lowest BCUT2D eigenvalue weighted by Gasteiger charge is -2.21. The lowest BCUT2D eigenvalue weighted by molar-refractivity contribution is -0.141. The first-order chi connectivity index (χ1) is 9.59. The smallest absolute Gasteiger partial charge is 0.326 e. The van der Waals surface area contributed by atoms with Crippen LogP contribution in [0.25, 0.3) is 10.9 Å². The number of rotatable bonds is 2. The number of benzene rings is 1. The van der Waals surface area contributed by atoms with Crippen LogP contribution in [-0.2, 0) is 4.79 Å². The van der Waals surface area contributed by atoms with E-state index in [1.807, 2.05) is 31.2 Å². The van der Waals surface area contributed by atoms with Crippen LogP contribution in [0.15, 0.2) is 24.3 Å². The van der Waals surface area contributed by atoms with E-state index in [2.05, 4.69) is 4.98 Å². The lowest BCUT2D eigenvalue weighted by Crippen LogP contribution is -2.40. The van der Waals surface area contributed by atoms with E-state index >= 15 is 0 Å². The number of fused-ring (bicyclic) bond motifs is 1. The number of aromatic nitrogens is 1. The molecule has 5 nitrogen and oxygen atoms in total. The number of H-pyrrole nitrogens is 1. The second kappa shape index (κ2) is 4.67. The van der Waals surface area contributed by atoms with Gasteiger partial charge in [-0.05, 0) is 25.8 Å². The molecule has 3 rings (SSSR count). The van der Waals surface area contributed by atoms with Crippen LogP contribution in [0.5, 0.6) is 0 Å². The molecule has 1 amide bonds. The Bertz CT molecular complexity index is 689. The second-order valence-corrected chi connectivity index (χ2v) is 5.17. The van der Waals surface area contributed by atoms with Gasteiger partial charge >= 0.3 is 5.97 Å². The molecule has 0 saturated carbocycles. The zero-order valence-corrected chi connectivity index (χ0v) is 11.2. The van der Waals surface area contributed by atoms with Crippen molar-refractivity contribution in [1.82, 2.24) is 9.88 Å². The molecular formula is C15H16N2O3. The summed E-state index contributed by atoms with van der Waals surface area (Å²) >= 11 is 0. The highest BCUT2D eigenvalue weighted by atomic mass is 16.4. The maximum Gasteiger partial charge on any atom is 0.326 e. The first-order valence-electron chi connectivity index (χ1n) is 6.70. The monoisotopic (exact) mass is 272 g/mol. The first kappa shape index (κ1) is 12.7. The number of nitrogens with zero attached hydrogens (tertiary/aromatic N) is 1. The predicted octanol–water partition coefficient (Wildman–Crippen LogP) is 2.17. The fourth-order valence-electron chi connectivity index (χ4n) is 2.96. The Morgan fingerprint density at radius 3 is 2.85 bits per heavy atom. The quantitative estimate of drug-likeness (QED) is 0.880. The van der Waals surface area contributed by atoms with Crippen molar-refractivity contribution in [2.45, 2.75) is 25.8 Å². The molecule has 20 heavy (non-hydrogen) atoms. The Labute approximate surface area is 116 Å². The van der Waals surface area contributed by atoms with Crippen molar-refractivity contribution in [3.05, 3.63) is 35.5 Å². The minimum atomic E-state index is -0.923. The van der Waals surface area contributed by atoms with E-state index in [1.165, 1.54) is 4.90 Å². The number of amides is 1. The van der Waals surface area contributed by atoms with Gasteiger partial charge in [0, 0.05) is 23.1 Å². The average molecular weight is 272 g/mol. The van der Waals surface area contributed by atoms with E-state index in [0.29, 0.717) is 18.5 Å². The van der Waals surface area contributed by atoms with Gasteiger partial charge in [0.05, 0.1) is 5.56 Å². The van der Waals surface area contributed by atoms with Crippen LogP contribution in [0.1, 0.15) is 28.9 Å². The third kappa shape index (κ3) is 1.86. The van der Waals surface area contributed by atoms with E-state index in [4.69, 9.17) is 0 Å². The molecule has 0 aliphatic carbocycles. The second-order valence-electron chi connectivity index (χ2n) is 5.17. The highest BCUT2D eigenvalue weighted by Gasteiger charge is 2.35. The van der Waals surface area contributed by atoms with Crippen LogP contribution in [-0.4, -0.2) is 39.5 Å². The van der Waals surface area contributed by atoms with Gasteiger partial charge in [0.25, 0.3) is 5.91 Å². The van der Waals surface area contributed by atoms with Gasteiger partial charge in [-0.1, -0.05) is 18.2 Å². The Hall–Kier alpha value is -2.30. The predicted molar refractivity (Wildman–Crippen MR) is 74.7 cm³/mol. The summed E-state index contributed by atoms with van der Waals surface area (Å²) < 4.78 is 0. The number of aryl methyl sites for hydroxylation is 1. The van der Waals surface area contributed by atoms with Crippen molar-refractivity contribution in [3.63, 3.8) is 0 Å². The van der Waals surface area contributed by atoms with Crippen molar-refractivity contribution < 1.29 is 14.7 Å². The van der Waals surface area contributed by atoms with Crippen molar-refractivity contribution >= 4 is 22.8 Å². The van der Waals surface area contributed by atoms with Gasteiger partial charge in [-0.25, -0.2) is 4.79 Å². The number of nitrogens with one attached hydrogen (secondary N) is 1. The molecule has 2 heterocycles. The molecule has 1 aromatic carbocycles. The van der Waals surface area contributed by atoms with Gasteiger partial charge in [0.1, 0.15) is 6.04 Å². The molecule has 104 valence electrons. The molecule has 5 heteroatoms. The number of hydrogen-bond donors (Lipinski definition) is 2. The zero-order valence-electron chi connectivity index (χ0n) is 11.2. The fourth-order valence-corrected chi connectivity index (χ4v) is 2.96. The fraction of sp³-hybridized carbons (Fsp3) is 0.333. The lowest BCUT2D eigenvalue weighted by atomic mass is 10.1. The van der Waals surface area contributed by atoms with Crippen molar-refractivity contribution in [3.8, 4) is 0 Å². The molecule has 0 spiro atoms. The number of likely N-dealkylation sites (tertiary alicyclic amines) is 1. The van der Waals surface area contributed by atoms with Gasteiger partial charge in [-0.2, -0.15) is 0 Å². The highest BCUT2D eigenvalue weighted by Crippen LogP contribution is 2.27. The Kier molecular flexibility index (Phi) is 2.97. The molecule has 1 atom stereocenters. The third-order valence-corrected chi connectivity index (χ3v) is 3.91. The van der Waals surface area contributed by atoms with E-state index < -0.39 is 12.0 Å². The van der Waals surface area contributed by atoms with E-state index in [1.54, 1.807) is 0 Å². The SMILES string of the molecule is Cc1[nH]c2ccccc2c1C(=O)N1CCC[C@@H]1C(=O)O.